The summed E-state index contributed by atoms with van der Waals surface area (Å²) in [5.41, 5.74) is 12.7. The molecule has 9 rings (SSSR count). The van der Waals surface area contributed by atoms with Crippen LogP contribution in [0.15, 0.2) is 168 Å². The van der Waals surface area contributed by atoms with Gasteiger partial charge in [0.15, 0.2) is 0 Å². The maximum absolute atomic E-state index is 6.47. The lowest BCUT2D eigenvalue weighted by atomic mass is 9.85. The molecule has 9 aromatic rings. The van der Waals surface area contributed by atoms with Crippen LogP contribution in [0.1, 0.15) is 5.56 Å². The highest BCUT2D eigenvalue weighted by molar-refractivity contribution is 6.21. The Kier molecular flexibility index (Phi) is 6.11. The lowest BCUT2D eigenvalue weighted by molar-refractivity contribution is 0.670. The van der Waals surface area contributed by atoms with Gasteiger partial charge in [0.25, 0.3) is 0 Å². The van der Waals surface area contributed by atoms with Crippen LogP contribution in [0, 0.1) is 6.92 Å². The van der Waals surface area contributed by atoms with E-state index < -0.39 is 0 Å². The Hall–Kier alpha value is -5.92. The van der Waals surface area contributed by atoms with E-state index in [9.17, 15) is 0 Å². The molecule has 0 unspecified atom stereocenters. The highest BCUT2D eigenvalue weighted by Gasteiger charge is 2.18. The predicted molar refractivity (Wildman–Crippen MR) is 195 cm³/mol. The third-order valence-corrected chi connectivity index (χ3v) is 9.31. The summed E-state index contributed by atoms with van der Waals surface area (Å²) in [6.45, 7) is 2.14. The SMILES string of the molecule is Cc1cccc(-c2cc(-c3ccc(-c4c5ccccc5c(-c5ccccc5)c5ccccc45)cc3)cc3c2oc2ccccc23)c1. The van der Waals surface area contributed by atoms with E-state index >= 15 is 0 Å². The standard InChI is InChI=1S/C45H30O/c1-29-12-11-15-33(26-29)40-27-34(28-41-35-16-9-10-21-42(35)46-45(40)41)30-22-24-32(25-23-30)44-38-19-7-5-17-36(38)43(31-13-3-2-4-14-31)37-18-6-8-20-39(37)44/h2-28H,1H3. The molecule has 216 valence electrons. The molecular formula is C45H30O. The van der Waals surface area contributed by atoms with Gasteiger partial charge in [-0.05, 0) is 85.6 Å². The Bertz CT molecular complexity index is 2510. The lowest BCUT2D eigenvalue weighted by Crippen LogP contribution is -1.91. The van der Waals surface area contributed by atoms with Gasteiger partial charge >= 0.3 is 0 Å². The minimum Gasteiger partial charge on any atom is -0.455 e. The average Bonchev–Trinajstić information content (AvgIpc) is 3.49. The van der Waals surface area contributed by atoms with Gasteiger partial charge in [0.2, 0.25) is 0 Å². The van der Waals surface area contributed by atoms with Crippen LogP contribution in [0.3, 0.4) is 0 Å². The molecule has 1 heteroatoms. The number of para-hydroxylation sites is 1. The zero-order valence-electron chi connectivity index (χ0n) is 25.5. The van der Waals surface area contributed by atoms with Crippen molar-refractivity contribution in [3.05, 3.63) is 169 Å². The van der Waals surface area contributed by atoms with Gasteiger partial charge in [-0.3, -0.25) is 0 Å². The molecule has 0 aliphatic carbocycles. The van der Waals surface area contributed by atoms with E-state index in [-0.39, 0.29) is 0 Å². The first kappa shape index (κ1) is 26.5. The summed E-state index contributed by atoms with van der Waals surface area (Å²) in [4.78, 5) is 0. The van der Waals surface area contributed by atoms with Crippen LogP contribution >= 0.6 is 0 Å². The zero-order chi connectivity index (χ0) is 30.6. The second-order valence-electron chi connectivity index (χ2n) is 12.2. The Morgan fingerprint density at radius 3 is 1.50 bits per heavy atom. The maximum Gasteiger partial charge on any atom is 0.143 e. The van der Waals surface area contributed by atoms with Crippen molar-refractivity contribution in [2.24, 2.45) is 0 Å². The Morgan fingerprint density at radius 2 is 0.870 bits per heavy atom. The third kappa shape index (κ3) is 4.24. The van der Waals surface area contributed by atoms with Gasteiger partial charge in [-0.25, -0.2) is 0 Å². The van der Waals surface area contributed by atoms with Crippen molar-refractivity contribution in [2.75, 3.05) is 0 Å². The zero-order valence-corrected chi connectivity index (χ0v) is 25.5. The molecule has 0 radical (unpaired) electrons. The van der Waals surface area contributed by atoms with Crippen molar-refractivity contribution in [3.8, 4) is 44.5 Å². The second-order valence-corrected chi connectivity index (χ2v) is 12.2. The summed E-state index contributed by atoms with van der Waals surface area (Å²) >= 11 is 0. The van der Waals surface area contributed by atoms with Crippen LogP contribution in [-0.4, -0.2) is 0 Å². The van der Waals surface area contributed by atoms with Crippen molar-refractivity contribution in [1.29, 1.82) is 0 Å². The monoisotopic (exact) mass is 586 g/mol. The summed E-state index contributed by atoms with van der Waals surface area (Å²) in [7, 11) is 0. The Labute approximate surface area is 268 Å². The fourth-order valence-electron chi connectivity index (χ4n) is 7.21. The molecule has 46 heavy (non-hydrogen) atoms. The molecule has 1 heterocycles. The van der Waals surface area contributed by atoms with Gasteiger partial charge in [0.05, 0.1) is 0 Å². The molecule has 0 aliphatic rings. The molecule has 1 nitrogen and oxygen atoms in total. The van der Waals surface area contributed by atoms with Gasteiger partial charge in [0, 0.05) is 16.3 Å². The normalized spacial score (nSPS) is 11.6. The molecule has 8 aromatic carbocycles. The summed E-state index contributed by atoms with van der Waals surface area (Å²) < 4.78 is 6.47. The fourth-order valence-corrected chi connectivity index (χ4v) is 7.21. The molecular weight excluding hydrogens is 556 g/mol. The summed E-state index contributed by atoms with van der Waals surface area (Å²) in [6, 6.07) is 59.1. The molecule has 0 aliphatic heterocycles. The molecule has 0 spiro atoms. The second kappa shape index (κ2) is 10.6. The number of rotatable bonds is 4. The quantitative estimate of drug-likeness (QED) is 0.187. The number of furan rings is 1. The molecule has 0 saturated heterocycles. The summed E-state index contributed by atoms with van der Waals surface area (Å²) in [5.74, 6) is 0. The number of fused-ring (bicyclic) bond motifs is 5. The Balaban J connectivity index is 1.24. The number of hydrogen-bond acceptors (Lipinski definition) is 1. The first-order valence-corrected chi connectivity index (χ1v) is 15.8. The van der Waals surface area contributed by atoms with Crippen LogP contribution in [0.25, 0.3) is 88.0 Å². The minimum atomic E-state index is 0.914. The topological polar surface area (TPSA) is 13.1 Å². The van der Waals surface area contributed by atoms with Crippen LogP contribution in [0.5, 0.6) is 0 Å². The van der Waals surface area contributed by atoms with E-state index in [1.165, 1.54) is 66.1 Å². The molecule has 0 amide bonds. The van der Waals surface area contributed by atoms with E-state index in [1.807, 2.05) is 6.07 Å². The minimum absolute atomic E-state index is 0.914. The largest absolute Gasteiger partial charge is 0.455 e. The molecule has 0 N–H and O–H groups in total. The van der Waals surface area contributed by atoms with Gasteiger partial charge in [-0.2, -0.15) is 0 Å². The van der Waals surface area contributed by atoms with Crippen LogP contribution in [0.2, 0.25) is 0 Å². The van der Waals surface area contributed by atoms with Crippen molar-refractivity contribution in [3.63, 3.8) is 0 Å². The van der Waals surface area contributed by atoms with E-state index in [2.05, 4.69) is 165 Å². The van der Waals surface area contributed by atoms with Crippen molar-refractivity contribution >= 4 is 43.5 Å². The molecule has 0 fully saturated rings. The number of benzene rings is 8. The van der Waals surface area contributed by atoms with Gasteiger partial charge < -0.3 is 4.42 Å². The van der Waals surface area contributed by atoms with Crippen LogP contribution in [0.4, 0.5) is 0 Å². The summed E-state index contributed by atoms with van der Waals surface area (Å²) in [5, 5.41) is 7.35. The first-order chi connectivity index (χ1) is 22.7. The maximum atomic E-state index is 6.47. The molecule has 1 aromatic heterocycles. The lowest BCUT2D eigenvalue weighted by Gasteiger charge is -2.18. The fraction of sp³-hybridized carbons (Fsp3) is 0.0222. The number of aryl methyl sites for hydroxylation is 1. The van der Waals surface area contributed by atoms with Gasteiger partial charge in [0.1, 0.15) is 11.2 Å². The van der Waals surface area contributed by atoms with Crippen molar-refractivity contribution < 1.29 is 4.42 Å². The van der Waals surface area contributed by atoms with E-state index in [1.54, 1.807) is 0 Å². The van der Waals surface area contributed by atoms with E-state index in [0.29, 0.717) is 0 Å². The van der Waals surface area contributed by atoms with Crippen LogP contribution < -0.4 is 0 Å². The average molecular weight is 587 g/mol. The predicted octanol–water partition coefficient (Wildman–Crippen LogP) is 12.9. The Morgan fingerprint density at radius 1 is 0.348 bits per heavy atom. The smallest absolute Gasteiger partial charge is 0.143 e. The van der Waals surface area contributed by atoms with Gasteiger partial charge in [-0.15, -0.1) is 0 Å². The van der Waals surface area contributed by atoms with Crippen molar-refractivity contribution in [2.45, 2.75) is 6.92 Å². The first-order valence-electron chi connectivity index (χ1n) is 15.8. The van der Waals surface area contributed by atoms with Crippen LogP contribution in [-0.2, 0) is 0 Å². The molecule has 0 bridgehead atoms. The highest BCUT2D eigenvalue weighted by Crippen LogP contribution is 2.44. The van der Waals surface area contributed by atoms with E-state index in [4.69, 9.17) is 4.42 Å². The number of hydrogen-bond donors (Lipinski definition) is 0. The van der Waals surface area contributed by atoms with E-state index in [0.717, 1.165) is 27.5 Å². The molecule has 0 atom stereocenters. The van der Waals surface area contributed by atoms with Crippen molar-refractivity contribution in [1.82, 2.24) is 0 Å². The highest BCUT2D eigenvalue weighted by atomic mass is 16.3. The van der Waals surface area contributed by atoms with Gasteiger partial charge in [-0.1, -0.05) is 151 Å². The third-order valence-electron chi connectivity index (χ3n) is 9.31. The molecule has 0 saturated carbocycles. The summed E-state index contributed by atoms with van der Waals surface area (Å²) in [6.07, 6.45) is 0.